The van der Waals surface area contributed by atoms with Crippen LogP contribution in [0.4, 0.5) is 4.79 Å². The van der Waals surface area contributed by atoms with Gasteiger partial charge in [0, 0.05) is 49.5 Å². The number of carbonyl (C=O) groups excluding carboxylic acids is 2. The Bertz CT molecular complexity index is 790. The Hall–Kier alpha value is -2.60. The lowest BCUT2D eigenvalue weighted by atomic mass is 9.96. The summed E-state index contributed by atoms with van der Waals surface area (Å²) in [6.07, 6.45) is 6.47. The smallest absolute Gasteiger partial charge is 0.317 e. The van der Waals surface area contributed by atoms with Crippen LogP contribution in [-0.4, -0.2) is 48.0 Å². The highest BCUT2D eigenvalue weighted by molar-refractivity contribution is 6.30. The molecule has 0 saturated carbocycles. The first-order valence-corrected chi connectivity index (χ1v) is 10.4. The summed E-state index contributed by atoms with van der Waals surface area (Å²) in [7, 11) is 0. The van der Waals surface area contributed by atoms with Gasteiger partial charge in [-0.3, -0.25) is 9.78 Å². The molecule has 0 atom stereocenters. The van der Waals surface area contributed by atoms with E-state index in [0.29, 0.717) is 44.0 Å². The molecule has 3 rings (SSSR count). The fourth-order valence-electron chi connectivity index (χ4n) is 3.45. The quantitative estimate of drug-likeness (QED) is 0.731. The van der Waals surface area contributed by atoms with Crippen LogP contribution in [-0.2, 0) is 17.6 Å². The third-order valence-electron chi connectivity index (χ3n) is 5.22. The summed E-state index contributed by atoms with van der Waals surface area (Å²) in [6.45, 7) is 2.41. The molecular weight excluding hydrogens is 388 g/mol. The van der Waals surface area contributed by atoms with Gasteiger partial charge in [-0.15, -0.1) is 0 Å². The molecule has 2 aromatic rings. The first-order valence-electron chi connectivity index (χ1n) is 10.1. The number of piperidine rings is 1. The summed E-state index contributed by atoms with van der Waals surface area (Å²) < 4.78 is 0. The van der Waals surface area contributed by atoms with Crippen LogP contribution in [0.2, 0.25) is 5.02 Å². The summed E-state index contributed by atoms with van der Waals surface area (Å²) in [6, 6.07) is 11.5. The zero-order valence-electron chi connectivity index (χ0n) is 16.4. The Labute approximate surface area is 176 Å². The van der Waals surface area contributed by atoms with Crippen molar-refractivity contribution in [3.8, 4) is 0 Å². The average Bonchev–Trinajstić information content (AvgIpc) is 2.76. The summed E-state index contributed by atoms with van der Waals surface area (Å²) in [5.74, 6) is 0.0624. The van der Waals surface area contributed by atoms with Gasteiger partial charge in [0.25, 0.3) is 0 Å². The van der Waals surface area contributed by atoms with E-state index in [1.54, 1.807) is 17.3 Å². The minimum absolute atomic E-state index is 0.0226. The van der Waals surface area contributed by atoms with Crippen LogP contribution >= 0.6 is 11.6 Å². The molecule has 2 N–H and O–H groups in total. The number of hydrogen-bond donors (Lipinski definition) is 2. The van der Waals surface area contributed by atoms with Crippen molar-refractivity contribution in [2.45, 2.75) is 25.7 Å². The monoisotopic (exact) mass is 414 g/mol. The van der Waals surface area contributed by atoms with Crippen molar-refractivity contribution >= 4 is 23.5 Å². The number of urea groups is 1. The molecule has 1 saturated heterocycles. The largest absolute Gasteiger partial charge is 0.356 e. The van der Waals surface area contributed by atoms with Crippen LogP contribution in [0.15, 0.2) is 48.8 Å². The Morgan fingerprint density at radius 1 is 0.931 bits per heavy atom. The fourth-order valence-corrected chi connectivity index (χ4v) is 3.57. The molecule has 6 nitrogen and oxygen atoms in total. The molecule has 0 spiro atoms. The second-order valence-corrected chi connectivity index (χ2v) is 7.70. The molecule has 1 aliphatic heterocycles. The van der Waals surface area contributed by atoms with E-state index in [1.165, 1.54) is 0 Å². The number of amides is 3. The molecule has 1 aliphatic rings. The summed E-state index contributed by atoms with van der Waals surface area (Å²) in [5, 5.41) is 6.68. The zero-order valence-corrected chi connectivity index (χ0v) is 17.2. The van der Waals surface area contributed by atoms with E-state index in [0.717, 1.165) is 24.0 Å². The molecule has 1 aromatic carbocycles. The molecule has 154 valence electrons. The molecule has 7 heteroatoms. The van der Waals surface area contributed by atoms with Crippen molar-refractivity contribution in [1.29, 1.82) is 0 Å². The number of carbonyl (C=O) groups is 2. The number of hydrogen-bond acceptors (Lipinski definition) is 3. The van der Waals surface area contributed by atoms with Crippen molar-refractivity contribution < 1.29 is 9.59 Å². The number of halogens is 1. The first-order chi connectivity index (χ1) is 14.1. The summed E-state index contributed by atoms with van der Waals surface area (Å²) in [5.41, 5.74) is 2.29. The highest BCUT2D eigenvalue weighted by atomic mass is 35.5. The Kier molecular flexibility index (Phi) is 7.87. The van der Waals surface area contributed by atoms with E-state index in [-0.39, 0.29) is 17.9 Å². The standard InChI is InChI=1S/C22H27ClN4O2/c23-20-3-1-17(2-4-20)8-14-26-22(29)27-15-9-19(10-16-27)21(28)25-13-7-18-5-11-24-12-6-18/h1-6,11-12,19H,7-10,13-16H2,(H,25,28)(H,26,29). The number of benzene rings is 1. The molecule has 0 radical (unpaired) electrons. The molecule has 2 heterocycles. The van der Waals surface area contributed by atoms with E-state index in [9.17, 15) is 9.59 Å². The molecule has 1 fully saturated rings. The van der Waals surface area contributed by atoms with Crippen LogP contribution in [0, 0.1) is 5.92 Å². The van der Waals surface area contributed by atoms with Gasteiger partial charge in [0.15, 0.2) is 0 Å². The second kappa shape index (κ2) is 10.8. The van der Waals surface area contributed by atoms with E-state index >= 15 is 0 Å². The Morgan fingerprint density at radius 3 is 2.17 bits per heavy atom. The second-order valence-electron chi connectivity index (χ2n) is 7.27. The Balaban J connectivity index is 1.32. The van der Waals surface area contributed by atoms with E-state index in [2.05, 4.69) is 15.6 Å². The van der Waals surface area contributed by atoms with E-state index in [4.69, 9.17) is 11.6 Å². The molecule has 29 heavy (non-hydrogen) atoms. The summed E-state index contributed by atoms with van der Waals surface area (Å²) >= 11 is 5.88. The maximum absolute atomic E-state index is 12.4. The molecule has 0 unspecified atom stereocenters. The van der Waals surface area contributed by atoms with Gasteiger partial charge in [-0.2, -0.15) is 0 Å². The van der Waals surface area contributed by atoms with Crippen molar-refractivity contribution in [2.24, 2.45) is 5.92 Å². The van der Waals surface area contributed by atoms with E-state index < -0.39 is 0 Å². The molecule has 1 aromatic heterocycles. The number of likely N-dealkylation sites (tertiary alicyclic amines) is 1. The van der Waals surface area contributed by atoms with Crippen LogP contribution in [0.3, 0.4) is 0 Å². The van der Waals surface area contributed by atoms with Crippen LogP contribution < -0.4 is 10.6 Å². The van der Waals surface area contributed by atoms with Crippen molar-refractivity contribution in [1.82, 2.24) is 20.5 Å². The minimum atomic E-state index is -0.0597. The van der Waals surface area contributed by atoms with Crippen LogP contribution in [0.5, 0.6) is 0 Å². The molecular formula is C22H27ClN4O2. The predicted octanol–water partition coefficient (Wildman–Crippen LogP) is 3.06. The third kappa shape index (κ3) is 6.75. The number of nitrogens with zero attached hydrogens (tertiary/aromatic N) is 2. The van der Waals surface area contributed by atoms with Crippen molar-refractivity contribution in [3.05, 3.63) is 64.9 Å². The lowest BCUT2D eigenvalue weighted by Crippen LogP contribution is -2.47. The van der Waals surface area contributed by atoms with Gasteiger partial charge in [0.1, 0.15) is 0 Å². The van der Waals surface area contributed by atoms with Crippen molar-refractivity contribution in [2.75, 3.05) is 26.2 Å². The average molecular weight is 415 g/mol. The van der Waals surface area contributed by atoms with Gasteiger partial charge in [0.05, 0.1) is 0 Å². The maximum Gasteiger partial charge on any atom is 0.317 e. The number of pyridine rings is 1. The highest BCUT2D eigenvalue weighted by Crippen LogP contribution is 2.17. The SMILES string of the molecule is O=C(NCCc1ccncc1)C1CCN(C(=O)NCCc2ccc(Cl)cc2)CC1. The molecule has 3 amide bonds. The third-order valence-corrected chi connectivity index (χ3v) is 5.47. The van der Waals surface area contributed by atoms with E-state index in [1.807, 2.05) is 36.4 Å². The van der Waals surface area contributed by atoms with Crippen LogP contribution in [0.1, 0.15) is 24.0 Å². The van der Waals surface area contributed by atoms with Crippen molar-refractivity contribution in [3.63, 3.8) is 0 Å². The van der Waals surface area contributed by atoms with Gasteiger partial charge < -0.3 is 15.5 Å². The fraction of sp³-hybridized carbons (Fsp3) is 0.409. The zero-order chi connectivity index (χ0) is 20.5. The topological polar surface area (TPSA) is 74.3 Å². The van der Waals surface area contributed by atoms with Gasteiger partial charge in [0.2, 0.25) is 5.91 Å². The predicted molar refractivity (Wildman–Crippen MR) is 114 cm³/mol. The lowest BCUT2D eigenvalue weighted by Gasteiger charge is -2.31. The van der Waals surface area contributed by atoms with Gasteiger partial charge in [-0.05, 0) is 61.1 Å². The molecule has 0 bridgehead atoms. The van der Waals surface area contributed by atoms with Gasteiger partial charge >= 0.3 is 6.03 Å². The summed E-state index contributed by atoms with van der Waals surface area (Å²) in [4.78, 5) is 30.5. The first kappa shape index (κ1) is 21.1. The minimum Gasteiger partial charge on any atom is -0.356 e. The maximum atomic E-state index is 12.4. The highest BCUT2D eigenvalue weighted by Gasteiger charge is 2.26. The number of nitrogens with one attached hydrogen (secondary N) is 2. The Morgan fingerprint density at radius 2 is 1.52 bits per heavy atom. The van der Waals surface area contributed by atoms with Gasteiger partial charge in [-0.25, -0.2) is 4.79 Å². The normalized spacial score (nSPS) is 14.4. The van der Waals surface area contributed by atoms with Crippen LogP contribution in [0.25, 0.3) is 0 Å². The van der Waals surface area contributed by atoms with Gasteiger partial charge in [-0.1, -0.05) is 23.7 Å². The lowest BCUT2D eigenvalue weighted by molar-refractivity contribution is -0.126. The number of rotatable bonds is 7. The number of aromatic nitrogens is 1. The molecule has 0 aliphatic carbocycles.